The lowest BCUT2D eigenvalue weighted by Gasteiger charge is -2.22. The Morgan fingerprint density at radius 2 is 0.893 bits per heavy atom. The summed E-state index contributed by atoms with van der Waals surface area (Å²) in [5.74, 6) is 0. The number of thiophene rings is 1. The van der Waals surface area contributed by atoms with Crippen molar-refractivity contribution in [3.05, 3.63) is 193 Å². The van der Waals surface area contributed by atoms with Crippen LogP contribution in [0, 0.1) is 0 Å². The van der Waals surface area contributed by atoms with Gasteiger partial charge in [0.25, 0.3) is 0 Å². The first kappa shape index (κ1) is 31.8. The summed E-state index contributed by atoms with van der Waals surface area (Å²) in [6, 6.07) is 68.3. The van der Waals surface area contributed by atoms with Gasteiger partial charge in [0.2, 0.25) is 0 Å². The number of rotatable bonds is 3. The smallest absolute Gasteiger partial charge is 0.0361 e. The summed E-state index contributed by atoms with van der Waals surface area (Å²) >= 11 is 1.90. The summed E-state index contributed by atoms with van der Waals surface area (Å²) in [4.78, 5) is 0. The SMILES string of the molecule is CC1(C)c2ccc(-c3ccc(-c4c5ccccc5c(-c5ccc6ccccc6c5)c5ccccc45)cc3)cc2-c2cc3ccc4sc5ccccc5c4c3cc21. The van der Waals surface area contributed by atoms with Gasteiger partial charge in [0, 0.05) is 25.6 Å². The van der Waals surface area contributed by atoms with Gasteiger partial charge >= 0.3 is 0 Å². The van der Waals surface area contributed by atoms with E-state index in [4.69, 9.17) is 0 Å². The monoisotopic (exact) mass is 728 g/mol. The van der Waals surface area contributed by atoms with Crippen molar-refractivity contribution in [2.24, 2.45) is 0 Å². The van der Waals surface area contributed by atoms with Gasteiger partial charge in [-0.1, -0.05) is 159 Å². The van der Waals surface area contributed by atoms with Crippen LogP contribution in [-0.4, -0.2) is 0 Å². The maximum atomic E-state index is 2.50. The molecule has 0 saturated heterocycles. The number of benzene rings is 10. The van der Waals surface area contributed by atoms with E-state index in [0.717, 1.165) is 0 Å². The van der Waals surface area contributed by atoms with Gasteiger partial charge in [-0.3, -0.25) is 0 Å². The Morgan fingerprint density at radius 3 is 1.62 bits per heavy atom. The zero-order valence-corrected chi connectivity index (χ0v) is 32.0. The highest BCUT2D eigenvalue weighted by Crippen LogP contribution is 2.52. The molecular formula is C55H36S. The molecule has 0 N–H and O–H groups in total. The van der Waals surface area contributed by atoms with Crippen LogP contribution in [0.3, 0.4) is 0 Å². The molecule has 0 nitrogen and oxygen atoms in total. The van der Waals surface area contributed by atoms with Gasteiger partial charge in [-0.25, -0.2) is 0 Å². The molecule has 262 valence electrons. The molecule has 1 aliphatic carbocycles. The minimum atomic E-state index is -0.0869. The summed E-state index contributed by atoms with van der Waals surface area (Å²) in [6.45, 7) is 4.79. The molecule has 56 heavy (non-hydrogen) atoms. The van der Waals surface area contributed by atoms with Crippen LogP contribution in [0.1, 0.15) is 25.0 Å². The topological polar surface area (TPSA) is 0 Å². The second-order valence-electron chi connectivity index (χ2n) is 16.0. The molecule has 0 aliphatic heterocycles. The van der Waals surface area contributed by atoms with Gasteiger partial charge in [-0.2, -0.15) is 0 Å². The second kappa shape index (κ2) is 11.7. The van der Waals surface area contributed by atoms with Crippen LogP contribution in [0.5, 0.6) is 0 Å². The standard InChI is InChI=1S/C55H36S/c1-55(2)48-27-25-37(30-46(48)47-31-38-26-28-51-54(45(38)32-49(47)55)44-17-9-10-18-50(44)56-51)34-19-22-35(23-20-34)52-40-13-5-7-15-42(40)53(43-16-8-6-14-41(43)52)39-24-21-33-11-3-4-12-36(33)29-39/h3-32H,1-2H3. The largest absolute Gasteiger partial charge is 0.135 e. The molecule has 0 unspecified atom stereocenters. The zero-order chi connectivity index (χ0) is 37.1. The van der Waals surface area contributed by atoms with Crippen LogP contribution in [-0.2, 0) is 5.41 Å². The molecule has 1 aromatic heterocycles. The number of hydrogen-bond donors (Lipinski definition) is 0. The third kappa shape index (κ3) is 4.53. The minimum Gasteiger partial charge on any atom is -0.135 e. The highest BCUT2D eigenvalue weighted by atomic mass is 32.1. The molecule has 12 rings (SSSR count). The van der Waals surface area contributed by atoms with Gasteiger partial charge in [0.05, 0.1) is 0 Å². The predicted molar refractivity (Wildman–Crippen MR) is 243 cm³/mol. The fourth-order valence-corrected chi connectivity index (χ4v) is 11.0. The first-order chi connectivity index (χ1) is 27.5. The van der Waals surface area contributed by atoms with E-state index >= 15 is 0 Å². The van der Waals surface area contributed by atoms with E-state index < -0.39 is 0 Å². The van der Waals surface area contributed by atoms with Crippen molar-refractivity contribution in [2.75, 3.05) is 0 Å². The van der Waals surface area contributed by atoms with E-state index in [-0.39, 0.29) is 5.41 Å². The van der Waals surface area contributed by atoms with Gasteiger partial charge in [-0.05, 0) is 135 Å². The molecule has 0 saturated carbocycles. The molecule has 10 aromatic carbocycles. The Kier molecular flexibility index (Phi) is 6.66. The molecular weight excluding hydrogens is 693 g/mol. The first-order valence-electron chi connectivity index (χ1n) is 19.6. The second-order valence-corrected chi connectivity index (χ2v) is 17.1. The van der Waals surface area contributed by atoms with Crippen LogP contribution in [0.25, 0.3) is 108 Å². The Balaban J connectivity index is 0.980. The third-order valence-electron chi connectivity index (χ3n) is 12.6. The van der Waals surface area contributed by atoms with Crippen LogP contribution in [0.2, 0.25) is 0 Å². The van der Waals surface area contributed by atoms with Crippen LogP contribution in [0.15, 0.2) is 182 Å². The maximum absolute atomic E-state index is 2.50. The summed E-state index contributed by atoms with van der Waals surface area (Å²) in [7, 11) is 0. The van der Waals surface area contributed by atoms with Crippen molar-refractivity contribution in [2.45, 2.75) is 19.3 Å². The van der Waals surface area contributed by atoms with E-state index in [1.54, 1.807) is 0 Å². The molecule has 1 heteroatoms. The van der Waals surface area contributed by atoms with Crippen LogP contribution in [0.4, 0.5) is 0 Å². The lowest BCUT2D eigenvalue weighted by atomic mass is 9.81. The van der Waals surface area contributed by atoms with E-state index in [9.17, 15) is 0 Å². The normalized spacial score (nSPS) is 13.3. The Bertz CT molecular complexity index is 3370. The zero-order valence-electron chi connectivity index (χ0n) is 31.2. The fraction of sp³-hybridized carbons (Fsp3) is 0.0545. The molecule has 1 aliphatic rings. The summed E-state index contributed by atoms with van der Waals surface area (Å²) in [6.07, 6.45) is 0. The minimum absolute atomic E-state index is 0.0869. The molecule has 0 amide bonds. The quantitative estimate of drug-likeness (QED) is 0.159. The Morgan fingerprint density at radius 1 is 0.339 bits per heavy atom. The average Bonchev–Trinajstić information content (AvgIpc) is 3.73. The summed E-state index contributed by atoms with van der Waals surface area (Å²) in [5, 5.41) is 13.1. The molecule has 0 atom stereocenters. The number of fused-ring (bicyclic) bond motifs is 11. The molecule has 0 radical (unpaired) electrons. The van der Waals surface area contributed by atoms with E-state index in [1.165, 1.54) is 119 Å². The van der Waals surface area contributed by atoms with Crippen LogP contribution < -0.4 is 0 Å². The Hall–Kier alpha value is -6.54. The first-order valence-corrected chi connectivity index (χ1v) is 20.4. The van der Waals surface area contributed by atoms with Gasteiger partial charge < -0.3 is 0 Å². The molecule has 11 aromatic rings. The van der Waals surface area contributed by atoms with Gasteiger partial charge in [0.15, 0.2) is 0 Å². The molecule has 0 fully saturated rings. The summed E-state index contributed by atoms with van der Waals surface area (Å²) < 4.78 is 2.72. The van der Waals surface area contributed by atoms with E-state index in [0.29, 0.717) is 0 Å². The fourth-order valence-electron chi connectivity index (χ4n) is 9.90. The highest BCUT2D eigenvalue weighted by Gasteiger charge is 2.36. The average molecular weight is 729 g/mol. The molecule has 1 heterocycles. The summed E-state index contributed by atoms with van der Waals surface area (Å²) in [5.41, 5.74) is 13.0. The van der Waals surface area contributed by atoms with Crippen molar-refractivity contribution in [3.63, 3.8) is 0 Å². The lowest BCUT2D eigenvalue weighted by molar-refractivity contribution is 0.661. The van der Waals surface area contributed by atoms with Crippen molar-refractivity contribution in [1.82, 2.24) is 0 Å². The van der Waals surface area contributed by atoms with Gasteiger partial charge in [0.1, 0.15) is 0 Å². The van der Waals surface area contributed by atoms with Crippen molar-refractivity contribution >= 4 is 74.6 Å². The van der Waals surface area contributed by atoms with Crippen LogP contribution >= 0.6 is 11.3 Å². The third-order valence-corrected chi connectivity index (χ3v) is 13.8. The van der Waals surface area contributed by atoms with Gasteiger partial charge in [-0.15, -0.1) is 11.3 Å². The van der Waals surface area contributed by atoms with E-state index in [2.05, 4.69) is 196 Å². The number of hydrogen-bond acceptors (Lipinski definition) is 1. The molecule has 0 bridgehead atoms. The predicted octanol–water partition coefficient (Wildman–Crippen LogP) is 16.0. The Labute approximate surface area is 329 Å². The molecule has 0 spiro atoms. The lowest BCUT2D eigenvalue weighted by Crippen LogP contribution is -2.14. The van der Waals surface area contributed by atoms with E-state index in [1.807, 2.05) is 11.3 Å². The van der Waals surface area contributed by atoms with Crippen molar-refractivity contribution < 1.29 is 0 Å². The van der Waals surface area contributed by atoms with Crippen molar-refractivity contribution in [3.8, 4) is 44.5 Å². The maximum Gasteiger partial charge on any atom is 0.0361 e. The van der Waals surface area contributed by atoms with Crippen molar-refractivity contribution in [1.29, 1.82) is 0 Å². The highest BCUT2D eigenvalue weighted by molar-refractivity contribution is 7.26.